The second-order valence-electron chi connectivity index (χ2n) is 7.52. The Bertz CT molecular complexity index is 1070. The number of urea groups is 1. The van der Waals surface area contributed by atoms with E-state index in [0.717, 1.165) is 12.1 Å². The minimum Gasteiger partial charge on any atom is -0.436 e. The molecule has 0 radical (unpaired) electrons. The van der Waals surface area contributed by atoms with Crippen LogP contribution in [0.5, 0.6) is 11.6 Å². The summed E-state index contributed by atoms with van der Waals surface area (Å²) in [6.45, 7) is 2.54. The number of ether oxygens (including phenoxy) is 1. The van der Waals surface area contributed by atoms with Gasteiger partial charge >= 0.3 is 6.03 Å². The standard InChI is InChI=1S/C19H18Cl2N8O2/c20-13-1-2-17(15(21)5-13)31-18-7-22-16(6-23-18)12-8-28(9-12)19(30)27-4-3-14(10-27)29-11-24-25-26-29/h1-2,5-7,11-12,14H,3-4,8-10H2/t14-/m0/s1. The summed E-state index contributed by atoms with van der Waals surface area (Å²) in [5.74, 6) is 0.951. The topological polar surface area (TPSA) is 102 Å². The van der Waals surface area contributed by atoms with Gasteiger partial charge in [0.15, 0.2) is 0 Å². The Morgan fingerprint density at radius 2 is 1.97 bits per heavy atom. The summed E-state index contributed by atoms with van der Waals surface area (Å²) in [6, 6.07) is 5.14. The van der Waals surface area contributed by atoms with Crippen LogP contribution in [0.25, 0.3) is 0 Å². The minimum absolute atomic E-state index is 0.0390. The highest BCUT2D eigenvalue weighted by Crippen LogP contribution is 2.32. The molecule has 3 aromatic rings. The zero-order valence-corrected chi connectivity index (χ0v) is 17.8. The van der Waals surface area contributed by atoms with Crippen LogP contribution in [-0.2, 0) is 0 Å². The smallest absolute Gasteiger partial charge is 0.320 e. The molecule has 2 aromatic heterocycles. The van der Waals surface area contributed by atoms with Crippen molar-refractivity contribution in [2.75, 3.05) is 26.2 Å². The minimum atomic E-state index is 0.0390. The molecule has 1 aromatic carbocycles. The Morgan fingerprint density at radius 3 is 2.68 bits per heavy atom. The Morgan fingerprint density at radius 1 is 1.10 bits per heavy atom. The molecule has 10 nitrogen and oxygen atoms in total. The number of rotatable bonds is 4. The number of likely N-dealkylation sites (tertiary alicyclic amines) is 2. The molecule has 0 N–H and O–H groups in total. The van der Waals surface area contributed by atoms with Crippen LogP contribution in [0.3, 0.4) is 0 Å². The highest BCUT2D eigenvalue weighted by Gasteiger charge is 2.38. The van der Waals surface area contributed by atoms with Gasteiger partial charge in [-0.1, -0.05) is 23.2 Å². The van der Waals surface area contributed by atoms with Gasteiger partial charge < -0.3 is 14.5 Å². The fraction of sp³-hybridized carbons (Fsp3) is 0.368. The molecule has 2 aliphatic rings. The monoisotopic (exact) mass is 460 g/mol. The third-order valence-corrected chi connectivity index (χ3v) is 6.03. The maximum absolute atomic E-state index is 12.7. The summed E-state index contributed by atoms with van der Waals surface area (Å²) < 4.78 is 7.38. The van der Waals surface area contributed by atoms with E-state index in [1.54, 1.807) is 41.6 Å². The van der Waals surface area contributed by atoms with Crippen LogP contribution in [0.2, 0.25) is 10.0 Å². The fourth-order valence-electron chi connectivity index (χ4n) is 3.75. The highest BCUT2D eigenvalue weighted by molar-refractivity contribution is 6.35. The molecule has 2 fully saturated rings. The molecule has 0 unspecified atom stereocenters. The first-order valence-corrected chi connectivity index (χ1v) is 10.5. The lowest BCUT2D eigenvalue weighted by atomic mass is 9.97. The van der Waals surface area contributed by atoms with Crippen molar-refractivity contribution >= 4 is 29.2 Å². The zero-order chi connectivity index (χ0) is 21.4. The number of amides is 2. The van der Waals surface area contributed by atoms with Crippen molar-refractivity contribution in [2.24, 2.45) is 0 Å². The molecular formula is C19H18Cl2N8O2. The number of nitrogens with zero attached hydrogens (tertiary/aromatic N) is 8. The van der Waals surface area contributed by atoms with Crippen LogP contribution in [0.15, 0.2) is 36.9 Å². The molecule has 2 saturated heterocycles. The number of tetrazole rings is 1. The highest BCUT2D eigenvalue weighted by atomic mass is 35.5. The van der Waals surface area contributed by atoms with Crippen LogP contribution in [0.1, 0.15) is 24.1 Å². The van der Waals surface area contributed by atoms with Crippen molar-refractivity contribution in [1.82, 2.24) is 40.0 Å². The van der Waals surface area contributed by atoms with Gasteiger partial charge in [0.25, 0.3) is 0 Å². The second kappa shape index (κ2) is 8.27. The second-order valence-corrected chi connectivity index (χ2v) is 8.36. The molecule has 31 heavy (non-hydrogen) atoms. The maximum Gasteiger partial charge on any atom is 0.320 e. The first-order chi connectivity index (χ1) is 15.1. The lowest BCUT2D eigenvalue weighted by Crippen LogP contribution is -2.53. The fourth-order valence-corrected chi connectivity index (χ4v) is 4.20. The normalized spacial score (nSPS) is 18.8. The van der Waals surface area contributed by atoms with Gasteiger partial charge in [0, 0.05) is 37.1 Å². The van der Waals surface area contributed by atoms with Crippen LogP contribution < -0.4 is 4.74 Å². The number of carbonyl (C=O) groups is 1. The van der Waals surface area contributed by atoms with Gasteiger partial charge in [0.2, 0.25) is 5.88 Å². The molecule has 160 valence electrons. The van der Waals surface area contributed by atoms with E-state index in [-0.39, 0.29) is 18.0 Å². The molecule has 0 saturated carbocycles. The predicted molar refractivity (Wildman–Crippen MR) is 111 cm³/mol. The van der Waals surface area contributed by atoms with E-state index in [2.05, 4.69) is 25.5 Å². The number of hydrogen-bond acceptors (Lipinski definition) is 7. The molecule has 2 aliphatic heterocycles. The van der Waals surface area contributed by atoms with Gasteiger partial charge in [-0.05, 0) is 35.0 Å². The van der Waals surface area contributed by atoms with E-state index < -0.39 is 0 Å². The number of hydrogen-bond donors (Lipinski definition) is 0. The van der Waals surface area contributed by atoms with Gasteiger partial charge in [0.1, 0.15) is 12.1 Å². The number of carbonyl (C=O) groups excluding carboxylic acids is 1. The number of aromatic nitrogens is 6. The van der Waals surface area contributed by atoms with E-state index in [1.807, 2.05) is 9.80 Å². The van der Waals surface area contributed by atoms with Gasteiger partial charge in [0.05, 0.1) is 29.2 Å². The van der Waals surface area contributed by atoms with Crippen molar-refractivity contribution in [3.05, 3.63) is 52.7 Å². The van der Waals surface area contributed by atoms with E-state index >= 15 is 0 Å². The van der Waals surface area contributed by atoms with Crippen LogP contribution >= 0.6 is 23.2 Å². The zero-order valence-electron chi connectivity index (χ0n) is 16.3. The Labute approximate surface area is 187 Å². The van der Waals surface area contributed by atoms with E-state index in [4.69, 9.17) is 27.9 Å². The quantitative estimate of drug-likeness (QED) is 0.589. The third-order valence-electron chi connectivity index (χ3n) is 5.50. The predicted octanol–water partition coefficient (Wildman–Crippen LogP) is 3.03. The molecule has 4 heterocycles. The lowest BCUT2D eigenvalue weighted by Gasteiger charge is -2.40. The molecular weight excluding hydrogens is 443 g/mol. The van der Waals surface area contributed by atoms with Crippen molar-refractivity contribution in [3.8, 4) is 11.6 Å². The van der Waals surface area contributed by atoms with E-state index in [1.165, 1.54) is 0 Å². The largest absolute Gasteiger partial charge is 0.436 e. The van der Waals surface area contributed by atoms with Crippen molar-refractivity contribution in [2.45, 2.75) is 18.4 Å². The van der Waals surface area contributed by atoms with Gasteiger partial charge in [-0.2, -0.15) is 0 Å². The molecule has 5 rings (SSSR count). The average molecular weight is 461 g/mol. The first kappa shape index (κ1) is 20.0. The van der Waals surface area contributed by atoms with Crippen molar-refractivity contribution in [3.63, 3.8) is 0 Å². The molecule has 12 heteroatoms. The molecule has 0 spiro atoms. The molecule has 2 amide bonds. The summed E-state index contributed by atoms with van der Waals surface area (Å²) in [5, 5.41) is 12.2. The number of halogens is 2. The molecule has 0 aliphatic carbocycles. The van der Waals surface area contributed by atoms with Crippen molar-refractivity contribution in [1.29, 1.82) is 0 Å². The van der Waals surface area contributed by atoms with E-state index in [0.29, 0.717) is 47.9 Å². The van der Waals surface area contributed by atoms with Gasteiger partial charge in [-0.15, -0.1) is 5.10 Å². The summed E-state index contributed by atoms with van der Waals surface area (Å²) in [6.07, 6.45) is 5.67. The summed E-state index contributed by atoms with van der Waals surface area (Å²) in [5.41, 5.74) is 0.826. The maximum atomic E-state index is 12.7. The molecule has 0 bridgehead atoms. The summed E-state index contributed by atoms with van der Waals surface area (Å²) >= 11 is 12.0. The Hall–Kier alpha value is -2.98. The first-order valence-electron chi connectivity index (χ1n) is 9.78. The van der Waals surface area contributed by atoms with Crippen LogP contribution in [0.4, 0.5) is 4.79 Å². The number of benzene rings is 1. The van der Waals surface area contributed by atoms with Crippen LogP contribution in [0, 0.1) is 0 Å². The SMILES string of the molecule is O=C(N1CC(c2cnc(Oc3ccc(Cl)cc3Cl)cn2)C1)N1CC[C@H](n2cnnn2)C1. The van der Waals surface area contributed by atoms with Gasteiger partial charge in [-0.3, -0.25) is 4.98 Å². The summed E-state index contributed by atoms with van der Waals surface area (Å²) in [4.78, 5) is 25.2. The average Bonchev–Trinajstić information content (AvgIpc) is 3.41. The summed E-state index contributed by atoms with van der Waals surface area (Å²) in [7, 11) is 0. The van der Waals surface area contributed by atoms with Crippen LogP contribution in [-0.4, -0.2) is 72.2 Å². The van der Waals surface area contributed by atoms with E-state index in [9.17, 15) is 4.79 Å². The van der Waals surface area contributed by atoms with Gasteiger partial charge in [-0.25, -0.2) is 14.5 Å². The van der Waals surface area contributed by atoms with Crippen molar-refractivity contribution < 1.29 is 9.53 Å². The lowest BCUT2D eigenvalue weighted by molar-refractivity contribution is 0.119. The third kappa shape index (κ3) is 4.13. The Balaban J connectivity index is 1.14. The Kier molecular flexibility index (Phi) is 5.33. The molecule has 1 atom stereocenters.